The van der Waals surface area contributed by atoms with E-state index in [0.717, 1.165) is 31.4 Å². The SMILES string of the molecule is C[C@]12CCC(=NOC[C-]=O)C=C1CC[C@@H]1[C@@H]2[C@H](O)C[C@@]2(C)[C@H]1CC[C@]2(O)C(=O)CO.[Y]. The van der Waals surface area contributed by atoms with Gasteiger partial charge in [-0.15, -0.1) is 0 Å². The van der Waals surface area contributed by atoms with Crippen molar-refractivity contribution in [1.82, 2.24) is 0 Å². The van der Waals surface area contributed by atoms with Crippen LogP contribution in [0.1, 0.15) is 58.8 Å². The van der Waals surface area contributed by atoms with Crippen molar-refractivity contribution in [2.24, 2.45) is 33.7 Å². The summed E-state index contributed by atoms with van der Waals surface area (Å²) in [6, 6.07) is 0. The van der Waals surface area contributed by atoms with Crippen molar-refractivity contribution in [1.29, 1.82) is 0 Å². The fourth-order valence-corrected chi connectivity index (χ4v) is 7.51. The topological polar surface area (TPSA) is 116 Å². The Morgan fingerprint density at radius 3 is 2.71 bits per heavy atom. The average Bonchev–Trinajstić information content (AvgIpc) is 2.99. The molecule has 0 aromatic heterocycles. The van der Waals surface area contributed by atoms with Crippen LogP contribution >= 0.6 is 0 Å². The summed E-state index contributed by atoms with van der Waals surface area (Å²) in [5, 5.41) is 36.1. The van der Waals surface area contributed by atoms with Crippen LogP contribution in [-0.2, 0) is 47.1 Å². The second-order valence-corrected chi connectivity index (χ2v) is 10.1. The van der Waals surface area contributed by atoms with Gasteiger partial charge in [-0.25, -0.2) is 6.29 Å². The number of carbonyl (C=O) groups excluding carboxylic acids is 2. The molecule has 0 unspecified atom stereocenters. The summed E-state index contributed by atoms with van der Waals surface area (Å²) < 4.78 is 0. The van der Waals surface area contributed by atoms with Crippen LogP contribution in [-0.4, -0.2) is 58.0 Å². The maximum Gasteiger partial charge on any atom is 0.190 e. The molecule has 4 aliphatic carbocycles. The molecule has 3 fully saturated rings. The number of aliphatic hydroxyl groups excluding tert-OH is 2. The van der Waals surface area contributed by atoms with Gasteiger partial charge in [-0.2, -0.15) is 0 Å². The summed E-state index contributed by atoms with van der Waals surface area (Å²) in [5.74, 6) is -0.0908. The molecule has 1 radical (unpaired) electrons. The molecule has 0 aromatic rings. The van der Waals surface area contributed by atoms with E-state index in [2.05, 4.69) is 18.2 Å². The Balaban J connectivity index is 0.00000272. The maximum atomic E-state index is 12.5. The molecular weight excluding hydrogens is 475 g/mol. The van der Waals surface area contributed by atoms with Gasteiger partial charge in [0, 0.05) is 44.7 Å². The number of rotatable bonds is 5. The number of aliphatic hydroxyl groups is 3. The Morgan fingerprint density at radius 1 is 1.29 bits per heavy atom. The number of carbonyl (C=O) groups is 1. The summed E-state index contributed by atoms with van der Waals surface area (Å²) in [5.41, 5.74) is -0.369. The molecule has 8 heteroatoms. The Kier molecular flexibility index (Phi) is 7.35. The van der Waals surface area contributed by atoms with Gasteiger partial charge < -0.3 is 25.0 Å². The van der Waals surface area contributed by atoms with E-state index in [1.165, 1.54) is 5.57 Å². The molecule has 0 amide bonds. The smallest absolute Gasteiger partial charge is 0.190 e. The van der Waals surface area contributed by atoms with Gasteiger partial charge >= 0.3 is 0 Å². The molecule has 4 aliphatic rings. The molecule has 0 spiro atoms. The minimum Gasteiger partial charge on any atom is -0.538 e. The van der Waals surface area contributed by atoms with Crippen molar-refractivity contribution >= 4 is 17.8 Å². The second kappa shape index (κ2) is 9.05. The quantitative estimate of drug-likeness (QED) is 0.296. The summed E-state index contributed by atoms with van der Waals surface area (Å²) in [4.78, 5) is 27.8. The summed E-state index contributed by atoms with van der Waals surface area (Å²) in [6.07, 6.45) is 7.88. The molecule has 0 saturated heterocycles. The van der Waals surface area contributed by atoms with Crippen molar-refractivity contribution in [2.75, 3.05) is 13.2 Å². The number of ketones is 1. The number of fused-ring (bicyclic) bond motifs is 5. The third-order valence-electron chi connectivity index (χ3n) is 8.97. The zero-order valence-corrected chi connectivity index (χ0v) is 21.2. The van der Waals surface area contributed by atoms with Gasteiger partial charge in [0.15, 0.2) is 5.78 Å². The van der Waals surface area contributed by atoms with Crippen LogP contribution in [0, 0.1) is 28.6 Å². The molecule has 0 aliphatic heterocycles. The molecule has 3 saturated carbocycles. The van der Waals surface area contributed by atoms with E-state index in [1.54, 1.807) is 6.29 Å². The normalized spacial score (nSPS) is 44.9. The fraction of sp³-hybridized carbons (Fsp3) is 0.783. The summed E-state index contributed by atoms with van der Waals surface area (Å²) in [7, 11) is 0. The van der Waals surface area contributed by atoms with Crippen molar-refractivity contribution in [2.45, 2.75) is 70.5 Å². The van der Waals surface area contributed by atoms with E-state index in [9.17, 15) is 24.9 Å². The minimum atomic E-state index is -1.56. The molecule has 4 rings (SSSR count). The van der Waals surface area contributed by atoms with Crippen LogP contribution in [0.4, 0.5) is 0 Å². The molecule has 7 atom stereocenters. The number of hydrogen-bond donors (Lipinski definition) is 3. The number of Topliss-reactive ketones (excluding diaryl/α,β-unsaturated/α-hetero) is 1. The first-order chi connectivity index (χ1) is 14.2. The first-order valence-electron chi connectivity index (χ1n) is 11.0. The maximum absolute atomic E-state index is 12.5. The van der Waals surface area contributed by atoms with E-state index in [0.29, 0.717) is 19.3 Å². The van der Waals surface area contributed by atoms with Crippen molar-refractivity contribution < 1.29 is 62.5 Å². The standard InChI is InChI=1S/C23H32NO6.Y/c1-21-7-5-15(24-30-10-9-25)11-14(21)3-4-16-17-6-8-23(29,19(28)13-26)22(17,2)12-18(27)20(16)21;/h11,16-18,20,26-27,29H,3-8,10,12-13H2,1-2H3;/q-1;/t16-,17-,18+,20+,21-,22-,23-;/m0./s1. The van der Waals surface area contributed by atoms with Gasteiger partial charge in [0.05, 0.1) is 11.8 Å². The molecule has 169 valence electrons. The predicted octanol–water partition coefficient (Wildman–Crippen LogP) is 1.69. The number of oxime groups is 1. The Morgan fingerprint density at radius 2 is 2.03 bits per heavy atom. The average molecular weight is 507 g/mol. The van der Waals surface area contributed by atoms with E-state index >= 15 is 0 Å². The number of hydrogen-bond acceptors (Lipinski definition) is 7. The van der Waals surface area contributed by atoms with Gasteiger partial charge in [-0.3, -0.25) is 4.79 Å². The third-order valence-corrected chi connectivity index (χ3v) is 8.97. The summed E-state index contributed by atoms with van der Waals surface area (Å²) >= 11 is 0. The molecule has 0 aromatic carbocycles. The Bertz CT molecular complexity index is 799. The van der Waals surface area contributed by atoms with Crippen LogP contribution in [0.25, 0.3) is 0 Å². The van der Waals surface area contributed by atoms with Gasteiger partial charge in [-0.1, -0.05) is 24.6 Å². The largest absolute Gasteiger partial charge is 0.538 e. The van der Waals surface area contributed by atoms with Gasteiger partial charge in [0.1, 0.15) is 12.2 Å². The van der Waals surface area contributed by atoms with E-state index in [1.807, 2.05) is 6.92 Å². The zero-order valence-electron chi connectivity index (χ0n) is 18.3. The van der Waals surface area contributed by atoms with Crippen LogP contribution in [0.15, 0.2) is 16.8 Å². The van der Waals surface area contributed by atoms with Crippen LogP contribution in [0.2, 0.25) is 0 Å². The first kappa shape index (κ1) is 25.2. The van der Waals surface area contributed by atoms with Crippen LogP contribution in [0.3, 0.4) is 0 Å². The van der Waals surface area contributed by atoms with Gasteiger partial charge in [0.25, 0.3) is 0 Å². The molecule has 31 heavy (non-hydrogen) atoms. The molecule has 0 heterocycles. The monoisotopic (exact) mass is 507 g/mol. The third kappa shape index (κ3) is 3.72. The number of allylic oxidation sites excluding steroid dienone is 2. The molecule has 3 N–H and O–H groups in total. The van der Waals surface area contributed by atoms with Gasteiger partial charge in [0.2, 0.25) is 0 Å². The van der Waals surface area contributed by atoms with E-state index in [4.69, 9.17) is 4.84 Å². The predicted molar refractivity (Wildman–Crippen MR) is 109 cm³/mol. The van der Waals surface area contributed by atoms with Crippen molar-refractivity contribution in [3.63, 3.8) is 0 Å². The zero-order chi connectivity index (χ0) is 21.7. The molecular formula is C23H32NO6Y-. The van der Waals surface area contributed by atoms with Gasteiger partial charge in [-0.05, 0) is 74.2 Å². The summed E-state index contributed by atoms with van der Waals surface area (Å²) in [6.45, 7) is 3.31. The Labute approximate surface area is 208 Å². The van der Waals surface area contributed by atoms with E-state index in [-0.39, 0.29) is 62.5 Å². The van der Waals surface area contributed by atoms with Crippen LogP contribution < -0.4 is 0 Å². The molecule has 7 nitrogen and oxygen atoms in total. The van der Waals surface area contributed by atoms with E-state index < -0.39 is 29.5 Å². The Hall–Kier alpha value is -0.466. The second-order valence-electron chi connectivity index (χ2n) is 10.1. The fourth-order valence-electron chi connectivity index (χ4n) is 7.51. The van der Waals surface area contributed by atoms with Crippen molar-refractivity contribution in [3.8, 4) is 0 Å². The minimum absolute atomic E-state index is 0. The van der Waals surface area contributed by atoms with Crippen molar-refractivity contribution in [3.05, 3.63) is 11.6 Å². The van der Waals surface area contributed by atoms with Crippen LogP contribution in [0.5, 0.6) is 0 Å². The first-order valence-corrected chi connectivity index (χ1v) is 11.0. The number of nitrogens with zero attached hydrogens (tertiary/aromatic N) is 1. The molecule has 0 bridgehead atoms.